The number of anilines is 1. The fourth-order valence-electron chi connectivity index (χ4n) is 4.12. The van der Waals surface area contributed by atoms with Crippen LogP contribution in [0.15, 0.2) is 75.6 Å². The predicted molar refractivity (Wildman–Crippen MR) is 143 cm³/mol. The van der Waals surface area contributed by atoms with Crippen LogP contribution < -0.4 is 9.64 Å². The molecule has 0 bridgehead atoms. The number of benzene rings is 2. The third-order valence-electron chi connectivity index (χ3n) is 5.87. The zero-order valence-corrected chi connectivity index (χ0v) is 21.9. The monoisotopic (exact) mass is 568 g/mol. The molecule has 1 aromatic heterocycles. The normalized spacial score (nSPS) is 19.9. The van der Waals surface area contributed by atoms with E-state index in [1.54, 1.807) is 47.7 Å². The second-order valence-electron chi connectivity index (χ2n) is 8.02. The number of thiophene rings is 1. The summed E-state index contributed by atoms with van der Waals surface area (Å²) >= 11 is 6.17. The predicted octanol–water partition coefficient (Wildman–Crippen LogP) is 5.67. The van der Waals surface area contributed by atoms with Gasteiger partial charge >= 0.3 is 0 Å². The Kier molecular flexibility index (Phi) is 6.77. The Morgan fingerprint density at radius 2 is 1.86 bits per heavy atom. The molecule has 1 N–H and O–H groups in total. The lowest BCUT2D eigenvalue weighted by Crippen LogP contribution is -2.32. The van der Waals surface area contributed by atoms with Crippen molar-refractivity contribution in [3.05, 3.63) is 81.0 Å². The fraction of sp³-hybridized carbons (Fsp3) is 0.200. The molecular formula is C25H21BrN4O3S2. The topological polar surface area (TPSA) is 86.1 Å². The number of methoxy groups -OCH3 is 1. The number of amides is 2. The number of ether oxygens (including phenoxy) is 1. The van der Waals surface area contributed by atoms with Crippen LogP contribution in [0.2, 0.25) is 0 Å². The van der Waals surface area contributed by atoms with Gasteiger partial charge in [-0.1, -0.05) is 45.9 Å². The number of imide groups is 1. The SMILES string of the molecule is COc1ccc(N2C(=O)C[C@H](SC(=N)N3N=C(c4cccs4)C[C@H]3c3ccc(Br)cc3)C2=O)cc1. The number of hydrogen-bond acceptors (Lipinski definition) is 7. The molecule has 10 heteroatoms. The number of amidine groups is 1. The number of rotatable bonds is 5. The van der Waals surface area contributed by atoms with E-state index in [2.05, 4.69) is 15.9 Å². The van der Waals surface area contributed by atoms with Gasteiger partial charge in [-0.15, -0.1) is 11.3 Å². The van der Waals surface area contributed by atoms with Crippen molar-refractivity contribution in [2.24, 2.45) is 5.10 Å². The highest BCUT2D eigenvalue weighted by molar-refractivity contribution is 9.10. The Morgan fingerprint density at radius 1 is 1.11 bits per heavy atom. The van der Waals surface area contributed by atoms with Gasteiger partial charge in [0.1, 0.15) is 11.0 Å². The third-order valence-corrected chi connectivity index (χ3v) is 8.38. The van der Waals surface area contributed by atoms with Gasteiger partial charge in [0.05, 0.1) is 29.4 Å². The second kappa shape index (κ2) is 9.96. The fourth-order valence-corrected chi connectivity index (χ4v) is 6.08. The lowest BCUT2D eigenvalue weighted by atomic mass is 10.0. The molecule has 35 heavy (non-hydrogen) atoms. The number of hydrogen-bond donors (Lipinski definition) is 1. The van der Waals surface area contributed by atoms with Crippen molar-refractivity contribution >= 4 is 67.4 Å². The van der Waals surface area contributed by atoms with Gasteiger partial charge in [0.15, 0.2) is 5.17 Å². The Labute approximate surface area is 219 Å². The van der Waals surface area contributed by atoms with Crippen LogP contribution in [0.4, 0.5) is 5.69 Å². The molecule has 1 saturated heterocycles. The van der Waals surface area contributed by atoms with E-state index in [9.17, 15) is 9.59 Å². The largest absolute Gasteiger partial charge is 0.497 e. The molecule has 3 aromatic rings. The molecule has 0 radical (unpaired) electrons. The molecule has 0 saturated carbocycles. The van der Waals surface area contributed by atoms with E-state index in [4.69, 9.17) is 15.2 Å². The Morgan fingerprint density at radius 3 is 2.51 bits per heavy atom. The van der Waals surface area contributed by atoms with Crippen LogP contribution in [0.5, 0.6) is 5.75 Å². The van der Waals surface area contributed by atoms with Crippen LogP contribution in [-0.2, 0) is 9.59 Å². The number of halogens is 1. The average molecular weight is 570 g/mol. The molecule has 3 heterocycles. The molecule has 1 fully saturated rings. The molecule has 2 aromatic carbocycles. The number of hydrazone groups is 1. The smallest absolute Gasteiger partial charge is 0.247 e. The summed E-state index contributed by atoms with van der Waals surface area (Å²) in [5.41, 5.74) is 2.44. The first-order chi connectivity index (χ1) is 16.9. The van der Waals surface area contributed by atoms with Crippen molar-refractivity contribution < 1.29 is 14.3 Å². The molecular weight excluding hydrogens is 548 g/mol. The third kappa shape index (κ3) is 4.78. The van der Waals surface area contributed by atoms with Gasteiger partial charge in [-0.05, 0) is 53.4 Å². The first-order valence-electron chi connectivity index (χ1n) is 10.9. The maximum atomic E-state index is 13.2. The van der Waals surface area contributed by atoms with E-state index in [1.807, 2.05) is 41.8 Å². The first kappa shape index (κ1) is 23.8. The molecule has 2 aliphatic heterocycles. The maximum absolute atomic E-state index is 13.2. The minimum atomic E-state index is -0.677. The summed E-state index contributed by atoms with van der Waals surface area (Å²) in [5, 5.41) is 16.8. The zero-order chi connectivity index (χ0) is 24.5. The van der Waals surface area contributed by atoms with Crippen molar-refractivity contribution in [3.63, 3.8) is 0 Å². The molecule has 2 atom stereocenters. The minimum Gasteiger partial charge on any atom is -0.497 e. The summed E-state index contributed by atoms with van der Waals surface area (Å²) < 4.78 is 6.14. The highest BCUT2D eigenvalue weighted by atomic mass is 79.9. The van der Waals surface area contributed by atoms with Crippen LogP contribution in [0.1, 0.15) is 29.3 Å². The van der Waals surface area contributed by atoms with Crippen molar-refractivity contribution in [1.82, 2.24) is 5.01 Å². The molecule has 7 nitrogen and oxygen atoms in total. The zero-order valence-electron chi connectivity index (χ0n) is 18.7. The molecule has 0 spiro atoms. The number of carbonyl (C=O) groups excluding carboxylic acids is 2. The van der Waals surface area contributed by atoms with Gasteiger partial charge in [-0.25, -0.2) is 9.91 Å². The molecule has 0 unspecified atom stereocenters. The van der Waals surface area contributed by atoms with Crippen molar-refractivity contribution in [1.29, 1.82) is 5.41 Å². The second-order valence-corrected chi connectivity index (χ2v) is 11.1. The maximum Gasteiger partial charge on any atom is 0.247 e. The molecule has 0 aliphatic carbocycles. The lowest BCUT2D eigenvalue weighted by molar-refractivity contribution is -0.121. The quantitative estimate of drug-likeness (QED) is 0.243. The Balaban J connectivity index is 1.37. The molecule has 2 amide bonds. The molecule has 5 rings (SSSR count). The van der Waals surface area contributed by atoms with Crippen LogP contribution >= 0.6 is 39.0 Å². The number of nitrogens with zero attached hydrogens (tertiary/aromatic N) is 3. The lowest BCUT2D eigenvalue weighted by Gasteiger charge is -2.24. The highest BCUT2D eigenvalue weighted by Gasteiger charge is 2.42. The molecule has 178 valence electrons. The summed E-state index contributed by atoms with van der Waals surface area (Å²) in [6.45, 7) is 0. The number of thioether (sulfide) groups is 1. The summed E-state index contributed by atoms with van der Waals surface area (Å²) in [4.78, 5) is 28.1. The van der Waals surface area contributed by atoms with Crippen LogP contribution in [0.3, 0.4) is 0 Å². The van der Waals surface area contributed by atoms with Gasteiger partial charge in [0, 0.05) is 17.3 Å². The number of nitrogens with one attached hydrogen (secondary N) is 1. The van der Waals surface area contributed by atoms with Gasteiger partial charge in [-0.3, -0.25) is 15.0 Å². The Hall–Kier alpha value is -2.95. The van der Waals surface area contributed by atoms with Crippen LogP contribution in [-0.4, -0.2) is 40.1 Å². The van der Waals surface area contributed by atoms with E-state index >= 15 is 0 Å². The van der Waals surface area contributed by atoms with E-state index < -0.39 is 5.25 Å². The van der Waals surface area contributed by atoms with E-state index in [1.165, 1.54) is 4.90 Å². The van der Waals surface area contributed by atoms with Crippen molar-refractivity contribution in [2.45, 2.75) is 24.1 Å². The van der Waals surface area contributed by atoms with Crippen LogP contribution in [0, 0.1) is 5.41 Å². The van der Waals surface area contributed by atoms with E-state index in [0.717, 1.165) is 32.4 Å². The summed E-state index contributed by atoms with van der Waals surface area (Å²) in [6.07, 6.45) is 0.691. The van der Waals surface area contributed by atoms with Gasteiger partial charge < -0.3 is 4.74 Å². The minimum absolute atomic E-state index is 0.0379. The first-order valence-corrected chi connectivity index (χ1v) is 13.4. The Bertz CT molecular complexity index is 1290. The summed E-state index contributed by atoms with van der Waals surface area (Å²) in [6, 6.07) is 18.6. The number of carbonyl (C=O) groups is 2. The van der Waals surface area contributed by atoms with Crippen LogP contribution in [0.25, 0.3) is 0 Å². The van der Waals surface area contributed by atoms with E-state index in [-0.39, 0.29) is 29.4 Å². The summed E-state index contributed by atoms with van der Waals surface area (Å²) in [7, 11) is 1.56. The highest BCUT2D eigenvalue weighted by Crippen LogP contribution is 2.38. The van der Waals surface area contributed by atoms with Gasteiger partial charge in [0.2, 0.25) is 11.8 Å². The molecule has 2 aliphatic rings. The standard InChI is InChI=1S/C25H21BrN4O3S2/c1-33-18-10-8-17(9-11-18)29-23(31)14-22(24(29)32)35-25(27)30-20(15-4-6-16(26)7-5-15)13-19(28-30)21-3-2-12-34-21/h2-12,20,22,27H,13-14H2,1H3/t20-,22-/m0/s1. The van der Waals surface area contributed by atoms with Gasteiger partial charge in [0.25, 0.3) is 0 Å². The summed E-state index contributed by atoms with van der Waals surface area (Å²) in [5.74, 6) is 0.0452. The average Bonchev–Trinajstić information content (AvgIpc) is 3.60. The van der Waals surface area contributed by atoms with Crippen molar-refractivity contribution in [3.8, 4) is 5.75 Å². The van der Waals surface area contributed by atoms with Crippen molar-refractivity contribution in [2.75, 3.05) is 12.0 Å². The van der Waals surface area contributed by atoms with Gasteiger partial charge in [-0.2, -0.15) is 5.10 Å². The van der Waals surface area contributed by atoms with E-state index in [0.29, 0.717) is 17.9 Å².